The highest BCUT2D eigenvalue weighted by Crippen LogP contribution is 2.31. The van der Waals surface area contributed by atoms with Crippen molar-refractivity contribution < 1.29 is 4.79 Å². The molecule has 3 aromatic rings. The highest BCUT2D eigenvalue weighted by Gasteiger charge is 2.26. The van der Waals surface area contributed by atoms with Gasteiger partial charge in [0.15, 0.2) is 5.65 Å². The number of nitrogens with one attached hydrogen (secondary N) is 1. The Hall–Kier alpha value is -3.07. The Morgan fingerprint density at radius 1 is 1.31 bits per heavy atom. The van der Waals surface area contributed by atoms with E-state index >= 15 is 0 Å². The van der Waals surface area contributed by atoms with Crippen molar-refractivity contribution in [2.24, 2.45) is 5.92 Å². The number of nitriles is 1. The molecule has 2 aromatic heterocycles. The fourth-order valence-electron chi connectivity index (χ4n) is 3.88. The Labute approximate surface area is 152 Å². The molecule has 6 heteroatoms. The zero-order valence-corrected chi connectivity index (χ0v) is 15.0. The van der Waals surface area contributed by atoms with Crippen molar-refractivity contribution in [3.05, 3.63) is 41.5 Å². The molecule has 1 saturated heterocycles. The van der Waals surface area contributed by atoms with Crippen molar-refractivity contribution in [2.75, 3.05) is 25.0 Å². The largest absolute Gasteiger partial charge is 0.359 e. The standard InChI is InChI=1S/C20H21N5O/c1-13-11-18(24-9-7-14(8-10-24)20(26)22-2)25-17-6-4-3-5-16(17)23-19(25)15(13)12-21/h3-6,11,14H,7-10H2,1-2H3,(H,22,26). The Morgan fingerprint density at radius 3 is 2.73 bits per heavy atom. The SMILES string of the molecule is CNC(=O)C1CCN(c2cc(C)c(C#N)c3nc4ccccc4n23)CC1. The molecular formula is C20H21N5O. The molecule has 1 fully saturated rings. The van der Waals surface area contributed by atoms with E-state index in [0.717, 1.165) is 48.3 Å². The molecule has 1 aliphatic heterocycles. The summed E-state index contributed by atoms with van der Waals surface area (Å²) in [7, 11) is 1.69. The van der Waals surface area contributed by atoms with Crippen LogP contribution in [0.2, 0.25) is 0 Å². The molecule has 1 amide bonds. The lowest BCUT2D eigenvalue weighted by Crippen LogP contribution is -2.40. The number of carbonyl (C=O) groups excluding carboxylic acids is 1. The van der Waals surface area contributed by atoms with Crippen LogP contribution in [0.1, 0.15) is 24.0 Å². The smallest absolute Gasteiger partial charge is 0.222 e. The number of aromatic nitrogens is 2. The maximum absolute atomic E-state index is 11.9. The second-order valence-electron chi connectivity index (χ2n) is 6.81. The molecule has 0 spiro atoms. The predicted molar refractivity (Wildman–Crippen MR) is 101 cm³/mol. The Bertz CT molecular complexity index is 1040. The summed E-state index contributed by atoms with van der Waals surface area (Å²) in [6.45, 7) is 3.58. The molecule has 1 aliphatic rings. The van der Waals surface area contributed by atoms with Crippen LogP contribution < -0.4 is 10.2 Å². The first-order valence-electron chi connectivity index (χ1n) is 8.91. The van der Waals surface area contributed by atoms with Gasteiger partial charge in [-0.2, -0.15) is 5.26 Å². The average Bonchev–Trinajstić information content (AvgIpc) is 3.06. The zero-order valence-electron chi connectivity index (χ0n) is 15.0. The highest BCUT2D eigenvalue weighted by molar-refractivity contribution is 5.85. The normalized spacial score (nSPS) is 15.3. The number of hydrogen-bond acceptors (Lipinski definition) is 4. The van der Waals surface area contributed by atoms with Crippen LogP contribution in [0.4, 0.5) is 5.82 Å². The number of amides is 1. The number of fused-ring (bicyclic) bond motifs is 3. The van der Waals surface area contributed by atoms with Crippen LogP contribution in [-0.2, 0) is 4.79 Å². The van der Waals surface area contributed by atoms with Gasteiger partial charge >= 0.3 is 0 Å². The Balaban J connectivity index is 1.83. The molecule has 0 atom stereocenters. The van der Waals surface area contributed by atoms with Crippen LogP contribution in [0, 0.1) is 24.2 Å². The van der Waals surface area contributed by atoms with E-state index < -0.39 is 0 Å². The number of imidazole rings is 1. The molecule has 4 rings (SSSR count). The molecule has 1 N–H and O–H groups in total. The third-order valence-corrected chi connectivity index (χ3v) is 5.30. The van der Waals surface area contributed by atoms with E-state index in [4.69, 9.17) is 4.98 Å². The number of nitrogens with zero attached hydrogens (tertiary/aromatic N) is 4. The highest BCUT2D eigenvalue weighted by atomic mass is 16.1. The van der Waals surface area contributed by atoms with E-state index in [1.807, 2.05) is 31.2 Å². The predicted octanol–water partition coefficient (Wildman–Crippen LogP) is 2.63. The van der Waals surface area contributed by atoms with E-state index in [9.17, 15) is 10.1 Å². The van der Waals surface area contributed by atoms with Gasteiger partial charge in [-0.05, 0) is 43.5 Å². The van der Waals surface area contributed by atoms with Crippen molar-refractivity contribution in [2.45, 2.75) is 19.8 Å². The topological polar surface area (TPSA) is 73.4 Å². The number of rotatable bonds is 2. The minimum Gasteiger partial charge on any atom is -0.359 e. The number of anilines is 1. The lowest BCUT2D eigenvalue weighted by Gasteiger charge is -2.33. The molecule has 132 valence electrons. The minimum absolute atomic E-state index is 0.0748. The second-order valence-corrected chi connectivity index (χ2v) is 6.81. The van der Waals surface area contributed by atoms with Gasteiger partial charge in [-0.15, -0.1) is 0 Å². The van der Waals surface area contributed by atoms with Crippen LogP contribution in [0.5, 0.6) is 0 Å². The molecule has 0 aliphatic carbocycles. The van der Waals surface area contributed by atoms with Gasteiger partial charge in [-0.3, -0.25) is 9.20 Å². The Kier molecular flexibility index (Phi) is 4.00. The van der Waals surface area contributed by atoms with Crippen LogP contribution in [0.25, 0.3) is 16.7 Å². The Morgan fingerprint density at radius 2 is 2.04 bits per heavy atom. The first kappa shape index (κ1) is 16.4. The summed E-state index contributed by atoms with van der Waals surface area (Å²) in [5, 5.41) is 12.4. The monoisotopic (exact) mass is 347 g/mol. The summed E-state index contributed by atoms with van der Waals surface area (Å²) in [4.78, 5) is 18.9. The first-order valence-corrected chi connectivity index (χ1v) is 8.91. The number of piperidine rings is 1. The second kappa shape index (κ2) is 6.34. The number of carbonyl (C=O) groups is 1. The number of para-hydroxylation sites is 2. The van der Waals surface area contributed by atoms with E-state index in [-0.39, 0.29) is 11.8 Å². The van der Waals surface area contributed by atoms with Crippen molar-refractivity contribution in [3.8, 4) is 6.07 Å². The van der Waals surface area contributed by atoms with Crippen LogP contribution in [0.15, 0.2) is 30.3 Å². The van der Waals surface area contributed by atoms with E-state index in [2.05, 4.69) is 26.8 Å². The molecule has 1 aromatic carbocycles. The average molecular weight is 347 g/mol. The summed E-state index contributed by atoms with van der Waals surface area (Å²) in [5.74, 6) is 1.24. The fourth-order valence-corrected chi connectivity index (χ4v) is 3.88. The van der Waals surface area contributed by atoms with Gasteiger partial charge in [-0.25, -0.2) is 4.98 Å². The van der Waals surface area contributed by atoms with Crippen molar-refractivity contribution in [1.82, 2.24) is 14.7 Å². The van der Waals surface area contributed by atoms with Crippen molar-refractivity contribution in [1.29, 1.82) is 5.26 Å². The van der Waals surface area contributed by atoms with Crippen LogP contribution >= 0.6 is 0 Å². The lowest BCUT2D eigenvalue weighted by atomic mass is 9.96. The third kappa shape index (κ3) is 2.48. The number of benzene rings is 1. The van der Waals surface area contributed by atoms with Gasteiger partial charge in [0.05, 0.1) is 16.6 Å². The minimum atomic E-state index is 0.0748. The van der Waals surface area contributed by atoms with Crippen LogP contribution in [0.3, 0.4) is 0 Å². The molecule has 0 unspecified atom stereocenters. The quantitative estimate of drug-likeness (QED) is 0.773. The number of hydrogen-bond donors (Lipinski definition) is 1. The lowest BCUT2D eigenvalue weighted by molar-refractivity contribution is -0.125. The number of aryl methyl sites for hydroxylation is 1. The van der Waals surface area contributed by atoms with Gasteiger partial charge in [0.1, 0.15) is 11.9 Å². The molecule has 6 nitrogen and oxygen atoms in total. The van der Waals surface area contributed by atoms with E-state index in [1.54, 1.807) is 7.05 Å². The van der Waals surface area contributed by atoms with Crippen LogP contribution in [-0.4, -0.2) is 35.4 Å². The maximum Gasteiger partial charge on any atom is 0.222 e. The molecular weight excluding hydrogens is 326 g/mol. The molecule has 3 heterocycles. The summed E-state index contributed by atoms with van der Waals surface area (Å²) in [5.41, 5.74) is 4.14. The summed E-state index contributed by atoms with van der Waals surface area (Å²) < 4.78 is 2.08. The molecule has 0 saturated carbocycles. The summed E-state index contributed by atoms with van der Waals surface area (Å²) in [6.07, 6.45) is 1.65. The van der Waals surface area contributed by atoms with Gasteiger partial charge in [0.2, 0.25) is 5.91 Å². The van der Waals surface area contributed by atoms with Crippen molar-refractivity contribution >= 4 is 28.4 Å². The van der Waals surface area contributed by atoms with E-state index in [1.165, 1.54) is 0 Å². The molecule has 0 radical (unpaired) electrons. The van der Waals surface area contributed by atoms with Gasteiger partial charge in [0, 0.05) is 26.1 Å². The molecule has 26 heavy (non-hydrogen) atoms. The van der Waals surface area contributed by atoms with Gasteiger partial charge in [0.25, 0.3) is 0 Å². The summed E-state index contributed by atoms with van der Waals surface area (Å²) in [6, 6.07) is 12.3. The van der Waals surface area contributed by atoms with Gasteiger partial charge < -0.3 is 10.2 Å². The van der Waals surface area contributed by atoms with Gasteiger partial charge in [-0.1, -0.05) is 12.1 Å². The molecule has 0 bridgehead atoms. The first-order chi connectivity index (χ1) is 12.6. The zero-order chi connectivity index (χ0) is 18.3. The maximum atomic E-state index is 11.9. The van der Waals surface area contributed by atoms with Crippen molar-refractivity contribution in [3.63, 3.8) is 0 Å². The fraction of sp³-hybridized carbons (Fsp3) is 0.350. The number of pyridine rings is 1. The third-order valence-electron chi connectivity index (χ3n) is 5.30. The summed E-state index contributed by atoms with van der Waals surface area (Å²) >= 11 is 0. The van der Waals surface area contributed by atoms with E-state index in [0.29, 0.717) is 11.2 Å².